The average molecular weight is 631 g/mol. The quantitative estimate of drug-likeness (QED) is 0.0818. The number of thioether (sulfide) groups is 2. The fraction of sp³-hybridized carbons (Fsp3) is 1.00. The molecule has 0 aliphatic heterocycles. The van der Waals surface area contributed by atoms with Crippen molar-refractivity contribution < 1.29 is 28.4 Å². The van der Waals surface area contributed by atoms with Gasteiger partial charge in [0, 0.05) is 11.0 Å². The van der Waals surface area contributed by atoms with Gasteiger partial charge >= 0.3 is 0 Å². The maximum absolute atomic E-state index is 5.80. The van der Waals surface area contributed by atoms with Gasteiger partial charge in [0.05, 0.1) is 50.8 Å². The molecular weight excluding hydrogens is 556 g/mol. The van der Waals surface area contributed by atoms with E-state index in [9.17, 15) is 0 Å². The summed E-state index contributed by atoms with van der Waals surface area (Å²) in [7, 11) is 0. The maximum atomic E-state index is 5.80. The first-order valence-corrected chi connectivity index (χ1v) is 17.1. The highest BCUT2D eigenvalue weighted by atomic mass is 32.2. The molecule has 0 aromatic rings. The molecule has 0 amide bonds. The summed E-state index contributed by atoms with van der Waals surface area (Å²) in [5.74, 6) is 2.15. The highest BCUT2D eigenvalue weighted by Crippen LogP contribution is 2.27. The third-order valence-electron chi connectivity index (χ3n) is 4.75. The van der Waals surface area contributed by atoms with Crippen molar-refractivity contribution in [1.29, 1.82) is 0 Å². The average Bonchev–Trinajstić information content (AvgIpc) is 2.77. The van der Waals surface area contributed by atoms with Crippen molar-refractivity contribution in [2.75, 3.05) is 39.0 Å². The minimum atomic E-state index is -0.0991. The Morgan fingerprint density at radius 3 is 1.22 bits per heavy atom. The summed E-state index contributed by atoms with van der Waals surface area (Å²) in [5.41, 5.74) is 0. The fourth-order valence-corrected chi connectivity index (χ4v) is 5.97. The van der Waals surface area contributed by atoms with Crippen LogP contribution in [0.25, 0.3) is 0 Å². The molecule has 0 saturated heterocycles. The molecule has 254 valence electrons. The molecule has 0 aliphatic rings. The Morgan fingerprint density at radius 2 is 0.927 bits per heavy atom. The molecule has 3 unspecified atom stereocenters. The van der Waals surface area contributed by atoms with E-state index >= 15 is 0 Å². The lowest BCUT2D eigenvalue weighted by Gasteiger charge is -2.23. The number of rotatable bonds is 23. The van der Waals surface area contributed by atoms with Crippen LogP contribution in [0.15, 0.2) is 0 Å². The molecule has 0 radical (unpaired) electrons. The molecule has 8 heteroatoms. The molecule has 6 nitrogen and oxygen atoms in total. The van der Waals surface area contributed by atoms with Crippen molar-refractivity contribution >= 4 is 23.5 Å². The van der Waals surface area contributed by atoms with E-state index < -0.39 is 0 Å². The zero-order chi connectivity index (χ0) is 30.4. The van der Waals surface area contributed by atoms with Crippen molar-refractivity contribution in [2.24, 2.45) is 5.92 Å². The monoisotopic (exact) mass is 630 g/mol. The van der Waals surface area contributed by atoms with Crippen molar-refractivity contribution in [1.82, 2.24) is 0 Å². The molecular formula is C33H74O6S2. The van der Waals surface area contributed by atoms with E-state index in [4.69, 9.17) is 28.4 Å². The minimum absolute atomic E-state index is 0. The van der Waals surface area contributed by atoms with Crippen LogP contribution in [-0.4, -0.2) is 91.3 Å². The Kier molecular flexibility index (Phi) is 36.0. The molecule has 0 aromatic heterocycles. The van der Waals surface area contributed by atoms with Crippen molar-refractivity contribution in [3.63, 3.8) is 0 Å². The highest BCUT2D eigenvalue weighted by Gasteiger charge is 2.16. The molecule has 0 rings (SSSR count). The molecule has 0 saturated carbocycles. The minimum Gasteiger partial charge on any atom is -0.376 e. The summed E-state index contributed by atoms with van der Waals surface area (Å²) in [6.45, 7) is 31.9. The van der Waals surface area contributed by atoms with Gasteiger partial charge in [-0.2, -0.15) is 23.5 Å². The van der Waals surface area contributed by atoms with E-state index in [0.29, 0.717) is 26.4 Å². The van der Waals surface area contributed by atoms with Gasteiger partial charge in [-0.15, -0.1) is 0 Å². The Hall–Kier alpha value is 0.460. The van der Waals surface area contributed by atoms with Crippen molar-refractivity contribution in [3.05, 3.63) is 0 Å². The molecule has 0 N–H and O–H groups in total. The Morgan fingerprint density at radius 1 is 0.512 bits per heavy atom. The van der Waals surface area contributed by atoms with Crippen LogP contribution < -0.4 is 0 Å². The van der Waals surface area contributed by atoms with Gasteiger partial charge in [-0.1, -0.05) is 56.4 Å². The van der Waals surface area contributed by atoms with E-state index in [1.165, 1.54) is 12.2 Å². The smallest absolute Gasteiger partial charge is 0.146 e. The van der Waals surface area contributed by atoms with Crippen molar-refractivity contribution in [2.45, 2.75) is 171 Å². The van der Waals surface area contributed by atoms with Crippen LogP contribution in [-0.2, 0) is 28.4 Å². The van der Waals surface area contributed by atoms with Crippen LogP contribution in [0, 0.1) is 5.92 Å². The van der Waals surface area contributed by atoms with Crippen LogP contribution >= 0.6 is 23.5 Å². The third kappa shape index (κ3) is 38.4. The van der Waals surface area contributed by atoms with Gasteiger partial charge in [0.25, 0.3) is 0 Å². The van der Waals surface area contributed by atoms with Gasteiger partial charge < -0.3 is 28.4 Å². The van der Waals surface area contributed by atoms with Gasteiger partial charge in [0.1, 0.15) is 19.0 Å². The standard InChI is InChI=1S/C19H40O6.C12H26S2.2CH4/c1-14(2)22-11-18(24-16(5)6)9-20-13-21-10-19(25-17(7)8)12-23-15(3)4;1-9(2)7-12(14-11(5)6)8-13-10(3)4;;/h14-19H,9-13H2,1-8H3;9-12H,7-8H2,1-6H3;2*1H4. The van der Waals surface area contributed by atoms with Crippen molar-refractivity contribution in [3.8, 4) is 0 Å². The zero-order valence-corrected chi connectivity index (χ0v) is 29.6. The van der Waals surface area contributed by atoms with E-state index in [1.807, 2.05) is 55.4 Å². The molecule has 41 heavy (non-hydrogen) atoms. The Bertz CT molecular complexity index is 478. The predicted octanol–water partition coefficient (Wildman–Crippen LogP) is 9.37. The second-order valence-electron chi connectivity index (χ2n) is 12.1. The molecule has 0 spiro atoms. The molecule has 0 heterocycles. The van der Waals surface area contributed by atoms with Crippen LogP contribution in [0.1, 0.15) is 118 Å². The summed E-state index contributed by atoms with van der Waals surface area (Å²) in [6, 6.07) is 0. The van der Waals surface area contributed by atoms with E-state index in [1.54, 1.807) is 0 Å². The second kappa shape index (κ2) is 30.5. The maximum Gasteiger partial charge on any atom is 0.146 e. The van der Waals surface area contributed by atoms with Crippen LogP contribution in [0.5, 0.6) is 0 Å². The van der Waals surface area contributed by atoms with Gasteiger partial charge in [-0.25, -0.2) is 0 Å². The topological polar surface area (TPSA) is 55.4 Å². The summed E-state index contributed by atoms with van der Waals surface area (Å²) in [4.78, 5) is 0. The first kappa shape index (κ1) is 48.4. The van der Waals surface area contributed by atoms with E-state index in [0.717, 1.165) is 21.7 Å². The van der Waals surface area contributed by atoms with Gasteiger partial charge in [-0.3, -0.25) is 0 Å². The molecule has 0 bridgehead atoms. The molecule has 0 aromatic carbocycles. The predicted molar refractivity (Wildman–Crippen MR) is 186 cm³/mol. The first-order chi connectivity index (χ1) is 18.1. The summed E-state index contributed by atoms with van der Waals surface area (Å²) in [5, 5.41) is 2.39. The fourth-order valence-electron chi connectivity index (χ4n) is 3.41. The first-order valence-electron chi connectivity index (χ1n) is 15.1. The summed E-state index contributed by atoms with van der Waals surface area (Å²) >= 11 is 4.25. The summed E-state index contributed by atoms with van der Waals surface area (Å²) < 4.78 is 34.0. The normalized spacial score (nSPS) is 14.0. The van der Waals surface area contributed by atoms with Gasteiger partial charge in [0.2, 0.25) is 0 Å². The Labute approximate surface area is 266 Å². The lowest BCUT2D eigenvalue weighted by Crippen LogP contribution is -2.32. The summed E-state index contributed by atoms with van der Waals surface area (Å²) in [6.07, 6.45) is 1.76. The molecule has 0 aliphatic carbocycles. The third-order valence-corrected chi connectivity index (χ3v) is 7.51. The molecule has 0 fully saturated rings. The largest absolute Gasteiger partial charge is 0.376 e. The zero-order valence-electron chi connectivity index (χ0n) is 28.0. The number of ether oxygens (including phenoxy) is 6. The van der Waals surface area contributed by atoms with Gasteiger partial charge in [0.15, 0.2) is 0 Å². The SMILES string of the molecule is C.C.CC(C)CC(CSC(C)C)SC(C)C.CC(C)OCC(COCOCC(COC(C)C)OC(C)C)OC(C)C. The number of hydrogen-bond acceptors (Lipinski definition) is 8. The van der Waals surface area contributed by atoms with Crippen LogP contribution in [0.2, 0.25) is 0 Å². The lowest BCUT2D eigenvalue weighted by atomic mass is 10.1. The lowest BCUT2D eigenvalue weighted by molar-refractivity contribution is -0.148. The molecule has 3 atom stereocenters. The Balaban J connectivity index is -0.000000367. The van der Waals surface area contributed by atoms with E-state index in [-0.39, 0.29) is 58.3 Å². The van der Waals surface area contributed by atoms with Gasteiger partial charge in [-0.05, 0) is 78.2 Å². The highest BCUT2D eigenvalue weighted by molar-refractivity contribution is 8.03. The van der Waals surface area contributed by atoms with Crippen LogP contribution in [0.4, 0.5) is 0 Å². The van der Waals surface area contributed by atoms with E-state index in [2.05, 4.69) is 65.1 Å². The van der Waals surface area contributed by atoms with Crippen LogP contribution in [0.3, 0.4) is 0 Å². The number of hydrogen-bond donors (Lipinski definition) is 0. The second-order valence-corrected chi connectivity index (χ2v) is 15.5.